The first-order valence-corrected chi connectivity index (χ1v) is 5.64. The molecule has 1 fully saturated rings. The summed E-state index contributed by atoms with van der Waals surface area (Å²) in [6, 6.07) is -0.0984. The highest BCUT2D eigenvalue weighted by molar-refractivity contribution is 8.00. The maximum atomic E-state index is 11.1. The summed E-state index contributed by atoms with van der Waals surface area (Å²) in [6.45, 7) is 4.38. The van der Waals surface area contributed by atoms with Gasteiger partial charge in [0.2, 0.25) is 0 Å². The third kappa shape index (κ3) is 3.19. The highest BCUT2D eigenvalue weighted by Crippen LogP contribution is 2.24. The maximum absolute atomic E-state index is 11.1. The fourth-order valence-electron chi connectivity index (χ4n) is 1.38. The number of thioether (sulfide) groups is 1. The lowest BCUT2D eigenvalue weighted by Crippen LogP contribution is -2.37. The van der Waals surface area contributed by atoms with E-state index in [-0.39, 0.29) is 12.0 Å². The normalized spacial score (nSPS) is 28.0. The first kappa shape index (κ1) is 10.9. The van der Waals surface area contributed by atoms with Gasteiger partial charge in [-0.15, -0.1) is 11.8 Å². The third-order valence-corrected chi connectivity index (χ3v) is 3.28. The van der Waals surface area contributed by atoms with Crippen molar-refractivity contribution in [1.82, 2.24) is 5.32 Å². The van der Waals surface area contributed by atoms with E-state index in [0.29, 0.717) is 11.3 Å². The second-order valence-electron chi connectivity index (χ2n) is 3.69. The number of carbonyl (C=O) groups is 1. The Morgan fingerprint density at radius 3 is 2.92 bits per heavy atom. The lowest BCUT2D eigenvalue weighted by molar-refractivity contribution is -0.142. The Bertz CT molecular complexity index is 184. The van der Waals surface area contributed by atoms with Gasteiger partial charge in [-0.3, -0.25) is 10.1 Å². The molecule has 0 unspecified atom stereocenters. The molecule has 0 amide bonds. The summed E-state index contributed by atoms with van der Waals surface area (Å²) >= 11 is 1.81. The lowest BCUT2D eigenvalue weighted by Gasteiger charge is -2.13. The summed E-state index contributed by atoms with van der Waals surface area (Å²) in [6.07, 6.45) is 1.11. The van der Waals surface area contributed by atoms with Gasteiger partial charge >= 0.3 is 5.97 Å². The summed E-state index contributed by atoms with van der Waals surface area (Å²) in [7, 11) is 1.43. The third-order valence-electron chi connectivity index (χ3n) is 2.02. The summed E-state index contributed by atoms with van der Waals surface area (Å²) in [5.41, 5.74) is 0. The Morgan fingerprint density at radius 2 is 2.38 bits per heavy atom. The topological polar surface area (TPSA) is 38.3 Å². The number of carbonyl (C=O) groups excluding carboxylic acids is 1. The largest absolute Gasteiger partial charge is 0.468 e. The van der Waals surface area contributed by atoms with Crippen LogP contribution in [0.25, 0.3) is 0 Å². The van der Waals surface area contributed by atoms with Crippen molar-refractivity contribution in [2.24, 2.45) is 5.92 Å². The SMILES string of the molecule is COC(=O)[C@@H]1CS[C@H](CC(C)C)N1. The molecule has 0 aromatic rings. The van der Waals surface area contributed by atoms with Gasteiger partial charge in [0.1, 0.15) is 6.04 Å². The zero-order valence-corrected chi connectivity index (χ0v) is 9.19. The number of esters is 1. The van der Waals surface area contributed by atoms with E-state index in [1.54, 1.807) is 0 Å². The molecule has 1 aliphatic heterocycles. The fourth-order valence-corrected chi connectivity index (χ4v) is 2.81. The average molecular weight is 203 g/mol. The Hall–Kier alpha value is -0.220. The molecule has 2 atom stereocenters. The quantitative estimate of drug-likeness (QED) is 0.700. The van der Waals surface area contributed by atoms with Crippen LogP contribution in [-0.4, -0.2) is 30.2 Å². The molecule has 0 aromatic heterocycles. The van der Waals surface area contributed by atoms with E-state index in [0.717, 1.165) is 12.2 Å². The number of methoxy groups -OCH3 is 1. The van der Waals surface area contributed by atoms with Gasteiger partial charge in [-0.1, -0.05) is 13.8 Å². The van der Waals surface area contributed by atoms with Crippen LogP contribution in [0.2, 0.25) is 0 Å². The molecule has 3 nitrogen and oxygen atoms in total. The first-order valence-electron chi connectivity index (χ1n) is 4.59. The minimum Gasteiger partial charge on any atom is -0.468 e. The van der Waals surface area contributed by atoms with E-state index in [1.807, 2.05) is 11.8 Å². The number of rotatable bonds is 3. The van der Waals surface area contributed by atoms with Crippen molar-refractivity contribution in [3.63, 3.8) is 0 Å². The van der Waals surface area contributed by atoms with E-state index >= 15 is 0 Å². The molecule has 0 aromatic carbocycles. The number of nitrogens with one attached hydrogen (secondary N) is 1. The predicted molar refractivity (Wildman–Crippen MR) is 54.6 cm³/mol. The van der Waals surface area contributed by atoms with Gasteiger partial charge in [0.05, 0.1) is 12.5 Å². The Balaban J connectivity index is 2.32. The van der Waals surface area contributed by atoms with Gasteiger partial charge in [0, 0.05) is 5.75 Å². The molecule has 1 N–H and O–H groups in total. The minimum atomic E-state index is -0.140. The van der Waals surface area contributed by atoms with Crippen LogP contribution in [0.4, 0.5) is 0 Å². The van der Waals surface area contributed by atoms with E-state index in [1.165, 1.54) is 7.11 Å². The smallest absolute Gasteiger partial charge is 0.323 e. The van der Waals surface area contributed by atoms with Crippen molar-refractivity contribution in [2.45, 2.75) is 31.7 Å². The van der Waals surface area contributed by atoms with Gasteiger partial charge in [0.15, 0.2) is 0 Å². The predicted octanol–water partition coefficient (Wildman–Crippen LogP) is 1.24. The molecule has 1 saturated heterocycles. The van der Waals surface area contributed by atoms with E-state index in [2.05, 4.69) is 23.9 Å². The van der Waals surface area contributed by atoms with Crippen molar-refractivity contribution in [1.29, 1.82) is 0 Å². The van der Waals surface area contributed by atoms with Crippen LogP contribution < -0.4 is 5.32 Å². The summed E-state index contributed by atoms with van der Waals surface area (Å²) < 4.78 is 4.67. The van der Waals surface area contributed by atoms with Crippen molar-refractivity contribution in [3.05, 3.63) is 0 Å². The summed E-state index contributed by atoms with van der Waals surface area (Å²) in [5.74, 6) is 1.37. The average Bonchev–Trinajstić information content (AvgIpc) is 2.50. The van der Waals surface area contributed by atoms with Crippen LogP contribution in [0.3, 0.4) is 0 Å². The highest BCUT2D eigenvalue weighted by atomic mass is 32.2. The molecule has 1 aliphatic rings. The van der Waals surface area contributed by atoms with Crippen LogP contribution in [-0.2, 0) is 9.53 Å². The molecule has 13 heavy (non-hydrogen) atoms. The zero-order chi connectivity index (χ0) is 9.84. The monoisotopic (exact) mass is 203 g/mol. The van der Waals surface area contributed by atoms with Gasteiger partial charge in [-0.25, -0.2) is 0 Å². The van der Waals surface area contributed by atoms with Gasteiger partial charge in [-0.2, -0.15) is 0 Å². The second kappa shape index (κ2) is 4.86. The van der Waals surface area contributed by atoms with Gasteiger partial charge in [-0.05, 0) is 12.3 Å². The standard InChI is InChI=1S/C9H17NO2S/c1-6(2)4-8-10-7(5-13-8)9(11)12-3/h6-8,10H,4-5H2,1-3H3/t7-,8+/m0/s1. The van der Waals surface area contributed by atoms with Crippen molar-refractivity contribution >= 4 is 17.7 Å². The molecule has 76 valence electrons. The maximum Gasteiger partial charge on any atom is 0.323 e. The lowest BCUT2D eigenvalue weighted by atomic mass is 10.1. The summed E-state index contributed by atoms with van der Waals surface area (Å²) in [5, 5.41) is 3.68. The van der Waals surface area contributed by atoms with Crippen LogP contribution in [0.1, 0.15) is 20.3 Å². The second-order valence-corrected chi connectivity index (χ2v) is 4.93. The molecule has 0 bridgehead atoms. The zero-order valence-electron chi connectivity index (χ0n) is 8.37. The van der Waals surface area contributed by atoms with Crippen molar-refractivity contribution < 1.29 is 9.53 Å². The van der Waals surface area contributed by atoms with Crippen LogP contribution in [0.5, 0.6) is 0 Å². The molecule has 0 radical (unpaired) electrons. The van der Waals surface area contributed by atoms with E-state index < -0.39 is 0 Å². The van der Waals surface area contributed by atoms with Crippen LogP contribution >= 0.6 is 11.8 Å². The molecule has 4 heteroatoms. The van der Waals surface area contributed by atoms with E-state index in [9.17, 15) is 4.79 Å². The molecule has 1 heterocycles. The molecule has 0 saturated carbocycles. The molecule has 0 aliphatic carbocycles. The van der Waals surface area contributed by atoms with Crippen LogP contribution in [0, 0.1) is 5.92 Å². The van der Waals surface area contributed by atoms with E-state index in [4.69, 9.17) is 0 Å². The summed E-state index contributed by atoms with van der Waals surface area (Å²) in [4.78, 5) is 11.1. The molecular weight excluding hydrogens is 186 g/mol. The molecular formula is C9H17NO2S. The van der Waals surface area contributed by atoms with Gasteiger partial charge in [0.25, 0.3) is 0 Å². The Morgan fingerprint density at radius 1 is 1.69 bits per heavy atom. The molecule has 1 rings (SSSR count). The first-order chi connectivity index (χ1) is 6.13. The fraction of sp³-hybridized carbons (Fsp3) is 0.889. The molecule has 0 spiro atoms. The highest BCUT2D eigenvalue weighted by Gasteiger charge is 2.30. The minimum absolute atomic E-state index is 0.0984. The van der Waals surface area contributed by atoms with Gasteiger partial charge < -0.3 is 4.74 Å². The van der Waals surface area contributed by atoms with Crippen LogP contribution in [0.15, 0.2) is 0 Å². The number of ether oxygens (including phenoxy) is 1. The number of hydrogen-bond donors (Lipinski definition) is 1. The number of hydrogen-bond acceptors (Lipinski definition) is 4. The van der Waals surface area contributed by atoms with Crippen molar-refractivity contribution in [3.8, 4) is 0 Å². The Kier molecular flexibility index (Phi) is 4.06. The Labute approximate surface area is 83.6 Å². The van der Waals surface area contributed by atoms with Crippen molar-refractivity contribution in [2.75, 3.05) is 12.9 Å².